The fourth-order valence-corrected chi connectivity index (χ4v) is 4.46. The monoisotopic (exact) mass is 545 g/mol. The van der Waals surface area contributed by atoms with Crippen molar-refractivity contribution in [2.24, 2.45) is 0 Å². The zero-order valence-corrected chi connectivity index (χ0v) is 19.7. The Kier molecular flexibility index (Phi) is 10.5. The van der Waals surface area contributed by atoms with Crippen molar-refractivity contribution in [3.05, 3.63) is 0 Å². The maximum atomic E-state index is 11.7. The summed E-state index contributed by atoms with van der Waals surface area (Å²) in [4.78, 5) is 11.7. The third-order valence-electron chi connectivity index (χ3n) is 6.49. The van der Waals surface area contributed by atoms with E-state index in [9.17, 15) is 55.9 Å². The molecule has 0 spiro atoms. The van der Waals surface area contributed by atoms with Crippen LogP contribution in [0.5, 0.6) is 0 Å². The van der Waals surface area contributed by atoms with Crippen LogP contribution < -0.4 is 5.32 Å². The predicted molar refractivity (Wildman–Crippen MR) is 113 cm³/mol. The normalized spacial score (nSPS) is 49.0. The fraction of sp³-hybridized carbons (Fsp3) is 0.950. The summed E-state index contributed by atoms with van der Waals surface area (Å²) in [7, 11) is 0. The molecule has 0 bridgehead atoms. The topological polar surface area (TPSA) is 278 Å². The van der Waals surface area contributed by atoms with Crippen LogP contribution >= 0.6 is 0 Å². The Morgan fingerprint density at radius 1 is 0.649 bits per heavy atom. The summed E-state index contributed by atoms with van der Waals surface area (Å²) < 4.78 is 27.0. The summed E-state index contributed by atoms with van der Waals surface area (Å²) in [5, 5.41) is 103. The van der Waals surface area contributed by atoms with E-state index in [0.717, 1.165) is 6.92 Å². The van der Waals surface area contributed by atoms with Crippen LogP contribution in [0.25, 0.3) is 0 Å². The molecule has 3 fully saturated rings. The Hall–Kier alpha value is -1.13. The number of aliphatic hydroxyl groups excluding tert-OH is 10. The largest absolute Gasteiger partial charge is 0.394 e. The molecule has 37 heavy (non-hydrogen) atoms. The summed E-state index contributed by atoms with van der Waals surface area (Å²) in [5.41, 5.74) is 0. The van der Waals surface area contributed by atoms with Crippen molar-refractivity contribution < 1.29 is 79.5 Å². The van der Waals surface area contributed by atoms with Crippen LogP contribution in [0.3, 0.4) is 0 Å². The van der Waals surface area contributed by atoms with Gasteiger partial charge in [0.15, 0.2) is 18.9 Å². The van der Waals surface area contributed by atoms with E-state index in [-0.39, 0.29) is 0 Å². The van der Waals surface area contributed by atoms with Crippen LogP contribution in [0.2, 0.25) is 0 Å². The summed E-state index contributed by atoms with van der Waals surface area (Å²) in [6.07, 6.45) is -23.4. The van der Waals surface area contributed by atoms with Crippen molar-refractivity contribution in [1.82, 2.24) is 5.32 Å². The predicted octanol–water partition coefficient (Wildman–Crippen LogP) is -7.43. The highest BCUT2D eigenvalue weighted by molar-refractivity contribution is 5.73. The number of carbonyl (C=O) groups excluding carboxylic acids is 1. The maximum absolute atomic E-state index is 11.7. The first-order chi connectivity index (χ1) is 17.4. The summed E-state index contributed by atoms with van der Waals surface area (Å²) in [6.45, 7) is -1.25. The summed E-state index contributed by atoms with van der Waals surface area (Å²) in [5.74, 6) is -0.652. The lowest BCUT2D eigenvalue weighted by Crippen LogP contribution is -2.68. The molecule has 3 heterocycles. The number of carbonyl (C=O) groups is 1. The van der Waals surface area contributed by atoms with Crippen LogP contribution in [0.1, 0.15) is 6.92 Å². The molecule has 3 rings (SSSR count). The maximum Gasteiger partial charge on any atom is 0.217 e. The molecule has 3 saturated heterocycles. The van der Waals surface area contributed by atoms with Gasteiger partial charge in [0.25, 0.3) is 0 Å². The van der Waals surface area contributed by atoms with Crippen LogP contribution in [0.4, 0.5) is 0 Å². The third-order valence-corrected chi connectivity index (χ3v) is 6.49. The molecule has 17 nitrogen and oxygen atoms in total. The molecule has 1 amide bonds. The zero-order valence-electron chi connectivity index (χ0n) is 19.7. The Morgan fingerprint density at radius 3 is 1.76 bits per heavy atom. The first-order valence-electron chi connectivity index (χ1n) is 11.6. The minimum atomic E-state index is -1.91. The van der Waals surface area contributed by atoms with Gasteiger partial charge in [-0.05, 0) is 0 Å². The van der Waals surface area contributed by atoms with Crippen LogP contribution in [-0.2, 0) is 28.5 Å². The first kappa shape index (κ1) is 30.4. The van der Waals surface area contributed by atoms with E-state index in [0.29, 0.717) is 0 Å². The number of rotatable bonds is 8. The molecular weight excluding hydrogens is 510 g/mol. The molecule has 0 aliphatic carbocycles. The number of hydrogen-bond donors (Lipinski definition) is 11. The van der Waals surface area contributed by atoms with Crippen molar-refractivity contribution >= 4 is 5.91 Å². The van der Waals surface area contributed by atoms with Crippen LogP contribution in [-0.4, -0.2) is 169 Å². The van der Waals surface area contributed by atoms with E-state index in [4.69, 9.17) is 23.7 Å². The van der Waals surface area contributed by atoms with Crippen molar-refractivity contribution in [1.29, 1.82) is 0 Å². The molecule has 0 saturated carbocycles. The van der Waals surface area contributed by atoms with Crippen LogP contribution in [0, 0.1) is 0 Å². The lowest BCUT2D eigenvalue weighted by atomic mass is 9.95. The van der Waals surface area contributed by atoms with E-state index < -0.39 is 118 Å². The van der Waals surface area contributed by atoms with Gasteiger partial charge in [0.05, 0.1) is 19.8 Å². The molecular formula is C20H35NO16. The molecule has 0 radical (unpaired) electrons. The zero-order chi connectivity index (χ0) is 27.6. The van der Waals surface area contributed by atoms with E-state index in [1.165, 1.54) is 0 Å². The smallest absolute Gasteiger partial charge is 0.217 e. The van der Waals surface area contributed by atoms with Gasteiger partial charge >= 0.3 is 0 Å². The number of nitrogens with one attached hydrogen (secondary N) is 1. The quantitative estimate of drug-likeness (QED) is 0.135. The summed E-state index contributed by atoms with van der Waals surface area (Å²) in [6, 6.07) is -1.42. The fourth-order valence-electron chi connectivity index (χ4n) is 4.46. The third kappa shape index (κ3) is 6.38. The van der Waals surface area contributed by atoms with Crippen molar-refractivity contribution in [3.63, 3.8) is 0 Å². The number of ether oxygens (including phenoxy) is 5. The molecule has 0 aromatic heterocycles. The molecule has 11 N–H and O–H groups in total. The highest BCUT2D eigenvalue weighted by Crippen LogP contribution is 2.32. The van der Waals surface area contributed by atoms with Gasteiger partial charge in [-0.25, -0.2) is 0 Å². The molecule has 17 heteroatoms. The molecule has 3 aliphatic heterocycles. The van der Waals surface area contributed by atoms with Gasteiger partial charge in [-0.15, -0.1) is 0 Å². The average molecular weight is 545 g/mol. The molecule has 0 aromatic rings. The number of hydrogen-bond acceptors (Lipinski definition) is 16. The first-order valence-corrected chi connectivity index (χ1v) is 11.6. The van der Waals surface area contributed by atoms with Crippen molar-refractivity contribution in [3.8, 4) is 0 Å². The minimum Gasteiger partial charge on any atom is -0.394 e. The second-order valence-corrected chi connectivity index (χ2v) is 9.07. The van der Waals surface area contributed by atoms with Gasteiger partial charge < -0.3 is 80.1 Å². The highest BCUT2D eigenvalue weighted by Gasteiger charge is 2.53. The van der Waals surface area contributed by atoms with Crippen molar-refractivity contribution in [2.45, 2.75) is 99.0 Å². The number of aliphatic hydroxyl groups is 10. The lowest BCUT2D eigenvalue weighted by molar-refractivity contribution is -0.373. The van der Waals surface area contributed by atoms with Crippen LogP contribution in [0.15, 0.2) is 0 Å². The SMILES string of the molecule is CC(=O)N[C@H]1[C@H](O[C@H]2[C@@H](O)[C@@H](CO)O[C@H](O[C@@H]3[C@H](O)[C@@H](O)C(O)O[C@@H]3CO)[C@@H]2O)O[C@H](CO)[C@H](O)[C@@H]1O. The minimum absolute atomic E-state index is 0.652. The van der Waals surface area contributed by atoms with Gasteiger partial charge in [-0.2, -0.15) is 0 Å². The van der Waals surface area contributed by atoms with Gasteiger partial charge in [0.2, 0.25) is 5.91 Å². The van der Waals surface area contributed by atoms with Gasteiger partial charge in [0, 0.05) is 6.92 Å². The van der Waals surface area contributed by atoms with Gasteiger partial charge in [0.1, 0.15) is 73.2 Å². The standard InChI is InChI=1S/C20H35NO16/c1-5(25)21-9-12(28)10(26)6(2-22)34-19(9)37-17-11(27)7(3-23)35-20(15(17)31)36-16-8(4-24)33-18(32)14(30)13(16)29/h6-20,22-24,26-32H,2-4H2,1H3,(H,21,25)/t6-,7-,8-,9-,10+,11+,12-,13-,14-,15-,16+,17+,18?,19+,20-/m1/s1. The molecule has 15 atom stereocenters. The average Bonchev–Trinajstić information content (AvgIpc) is 2.86. The second kappa shape index (κ2) is 12.8. The molecule has 1 unspecified atom stereocenters. The van der Waals surface area contributed by atoms with E-state index in [1.54, 1.807) is 0 Å². The molecule has 3 aliphatic rings. The highest BCUT2D eigenvalue weighted by atomic mass is 16.7. The van der Waals surface area contributed by atoms with Gasteiger partial charge in [-0.3, -0.25) is 4.79 Å². The summed E-state index contributed by atoms with van der Waals surface area (Å²) >= 11 is 0. The van der Waals surface area contributed by atoms with E-state index in [1.807, 2.05) is 0 Å². The Bertz CT molecular complexity index is 745. The molecule has 0 aromatic carbocycles. The Morgan fingerprint density at radius 2 is 1.19 bits per heavy atom. The molecule has 216 valence electrons. The lowest BCUT2D eigenvalue weighted by Gasteiger charge is -2.48. The van der Waals surface area contributed by atoms with Gasteiger partial charge in [-0.1, -0.05) is 0 Å². The van der Waals surface area contributed by atoms with E-state index >= 15 is 0 Å². The van der Waals surface area contributed by atoms with E-state index in [2.05, 4.69) is 5.32 Å². The number of amides is 1. The Balaban J connectivity index is 1.83. The second-order valence-electron chi connectivity index (χ2n) is 9.07. The van der Waals surface area contributed by atoms with Crippen molar-refractivity contribution in [2.75, 3.05) is 19.8 Å². The Labute approximate surface area is 210 Å².